The Morgan fingerprint density at radius 2 is 1.70 bits per heavy atom. The van der Waals surface area contributed by atoms with Crippen molar-refractivity contribution in [2.24, 2.45) is 5.41 Å². The van der Waals surface area contributed by atoms with Gasteiger partial charge in [0.05, 0.1) is 0 Å². The van der Waals surface area contributed by atoms with E-state index in [2.05, 4.69) is 0 Å². The van der Waals surface area contributed by atoms with Crippen LogP contribution in [0.2, 0.25) is 0 Å². The van der Waals surface area contributed by atoms with Crippen LogP contribution in [0.3, 0.4) is 0 Å². The van der Waals surface area contributed by atoms with E-state index in [4.69, 9.17) is 4.74 Å². The highest BCUT2D eigenvalue weighted by Gasteiger charge is 2.40. The summed E-state index contributed by atoms with van der Waals surface area (Å²) in [6.45, 7) is 2.98. The minimum absolute atomic E-state index is 0.0444. The largest absolute Gasteiger partial charge is 0.396 e. The number of ether oxygens (including phenoxy) is 1. The minimum atomic E-state index is -3.40. The molecule has 1 unspecified atom stereocenters. The first kappa shape index (κ1) is 19.1. The molecule has 0 bridgehead atoms. The van der Waals surface area contributed by atoms with E-state index < -0.39 is 10.2 Å². The normalized spacial score (nSPS) is 28.6. The molecule has 2 aliphatic rings. The van der Waals surface area contributed by atoms with Crippen molar-refractivity contribution >= 4 is 10.2 Å². The molecule has 0 saturated carbocycles. The molecule has 0 radical (unpaired) electrons. The van der Waals surface area contributed by atoms with E-state index in [0.29, 0.717) is 32.8 Å². The quantitative estimate of drug-likeness (QED) is 0.710. The average molecular weight is 349 g/mol. The molecule has 0 aliphatic carbocycles. The molecule has 2 aliphatic heterocycles. The summed E-state index contributed by atoms with van der Waals surface area (Å²) in [5.41, 5.74) is -0.310. The Labute approximate surface area is 141 Å². The maximum absolute atomic E-state index is 13.0. The summed E-state index contributed by atoms with van der Waals surface area (Å²) in [6.07, 6.45) is 7.50. The number of rotatable bonds is 7. The van der Waals surface area contributed by atoms with E-state index in [1.54, 1.807) is 15.7 Å². The topological polar surface area (TPSA) is 70.1 Å². The van der Waals surface area contributed by atoms with Crippen LogP contribution in [0.5, 0.6) is 0 Å². The van der Waals surface area contributed by atoms with Crippen LogP contribution >= 0.6 is 0 Å². The summed E-state index contributed by atoms with van der Waals surface area (Å²) in [5, 5.41) is 9.90. The fourth-order valence-corrected chi connectivity index (χ4v) is 5.64. The highest BCUT2D eigenvalue weighted by molar-refractivity contribution is 7.86. The lowest BCUT2D eigenvalue weighted by atomic mass is 9.78. The lowest BCUT2D eigenvalue weighted by molar-refractivity contribution is 0.0452. The highest BCUT2D eigenvalue weighted by atomic mass is 32.2. The highest BCUT2D eigenvalue weighted by Crippen LogP contribution is 2.36. The van der Waals surface area contributed by atoms with Crippen LogP contribution in [0.15, 0.2) is 0 Å². The van der Waals surface area contributed by atoms with E-state index in [1.807, 2.05) is 0 Å². The van der Waals surface area contributed by atoms with E-state index in [1.165, 1.54) is 0 Å². The van der Waals surface area contributed by atoms with Gasteiger partial charge in [-0.25, -0.2) is 0 Å². The summed E-state index contributed by atoms with van der Waals surface area (Å²) in [6, 6.07) is 0. The number of aliphatic hydroxyl groups is 1. The van der Waals surface area contributed by atoms with Crippen LogP contribution in [0.1, 0.15) is 51.4 Å². The van der Waals surface area contributed by atoms with Crippen molar-refractivity contribution in [3.8, 4) is 0 Å². The zero-order valence-electron chi connectivity index (χ0n) is 14.4. The third-order valence-electron chi connectivity index (χ3n) is 5.23. The maximum atomic E-state index is 13.0. The van der Waals surface area contributed by atoms with Crippen LogP contribution in [0.4, 0.5) is 0 Å². The van der Waals surface area contributed by atoms with E-state index >= 15 is 0 Å². The molecule has 136 valence electrons. The summed E-state index contributed by atoms with van der Waals surface area (Å²) in [7, 11) is -1.73. The van der Waals surface area contributed by atoms with Gasteiger partial charge in [0.2, 0.25) is 0 Å². The molecule has 2 fully saturated rings. The molecule has 0 spiro atoms. The standard InChI is InChI=1S/C16H32N2O4S/c1-22-13-7-9-16(15-19)8-6-12-18(14-16)23(20,21)17-10-4-2-3-5-11-17/h19H,2-15H2,1H3. The van der Waals surface area contributed by atoms with E-state index in [9.17, 15) is 13.5 Å². The van der Waals surface area contributed by atoms with Gasteiger partial charge in [-0.05, 0) is 38.5 Å². The van der Waals surface area contributed by atoms with Crippen molar-refractivity contribution in [2.45, 2.75) is 51.4 Å². The lowest BCUT2D eigenvalue weighted by Gasteiger charge is -2.42. The van der Waals surface area contributed by atoms with Gasteiger partial charge in [0.1, 0.15) is 0 Å². The van der Waals surface area contributed by atoms with Crippen molar-refractivity contribution in [2.75, 3.05) is 46.5 Å². The Bertz CT molecular complexity index is 449. The van der Waals surface area contributed by atoms with Gasteiger partial charge in [0.25, 0.3) is 10.2 Å². The summed E-state index contributed by atoms with van der Waals surface area (Å²) >= 11 is 0. The summed E-state index contributed by atoms with van der Waals surface area (Å²) in [5.74, 6) is 0. The van der Waals surface area contributed by atoms with E-state index in [0.717, 1.165) is 51.4 Å². The smallest absolute Gasteiger partial charge is 0.281 e. The van der Waals surface area contributed by atoms with Gasteiger partial charge < -0.3 is 9.84 Å². The van der Waals surface area contributed by atoms with Crippen molar-refractivity contribution in [1.82, 2.24) is 8.61 Å². The Morgan fingerprint density at radius 3 is 2.30 bits per heavy atom. The first-order valence-electron chi connectivity index (χ1n) is 8.89. The molecular weight excluding hydrogens is 316 g/mol. The van der Waals surface area contributed by atoms with Crippen LogP contribution in [-0.2, 0) is 14.9 Å². The Kier molecular flexibility index (Phi) is 7.28. The van der Waals surface area contributed by atoms with Crippen LogP contribution in [0, 0.1) is 5.41 Å². The SMILES string of the molecule is COCCCC1(CO)CCCN(S(=O)(=O)N2CCCCCC2)C1. The number of piperidine rings is 1. The number of methoxy groups -OCH3 is 1. The molecule has 7 heteroatoms. The Balaban J connectivity index is 2.05. The molecule has 2 saturated heterocycles. The molecule has 2 rings (SSSR count). The predicted molar refractivity (Wildman–Crippen MR) is 90.4 cm³/mol. The van der Waals surface area contributed by atoms with Gasteiger partial charge in [-0.3, -0.25) is 0 Å². The predicted octanol–water partition coefficient (Wildman–Crippen LogP) is 1.61. The first-order valence-corrected chi connectivity index (χ1v) is 10.3. The van der Waals surface area contributed by atoms with Crippen molar-refractivity contribution in [3.05, 3.63) is 0 Å². The van der Waals surface area contributed by atoms with Crippen LogP contribution in [-0.4, -0.2) is 68.6 Å². The third-order valence-corrected chi connectivity index (χ3v) is 7.22. The number of hydrogen-bond acceptors (Lipinski definition) is 4. The summed E-state index contributed by atoms with van der Waals surface area (Å²) in [4.78, 5) is 0. The molecule has 6 nitrogen and oxygen atoms in total. The van der Waals surface area contributed by atoms with Gasteiger partial charge in [-0.15, -0.1) is 0 Å². The molecule has 23 heavy (non-hydrogen) atoms. The molecule has 0 aromatic carbocycles. The van der Waals surface area contributed by atoms with E-state index in [-0.39, 0.29) is 12.0 Å². The third kappa shape index (κ3) is 4.89. The number of aliphatic hydroxyl groups excluding tert-OH is 1. The number of hydrogen-bond donors (Lipinski definition) is 1. The second kappa shape index (κ2) is 8.76. The zero-order valence-corrected chi connectivity index (χ0v) is 15.2. The molecule has 1 N–H and O–H groups in total. The Morgan fingerprint density at radius 1 is 1.04 bits per heavy atom. The Hall–Kier alpha value is -0.210. The molecular formula is C16H32N2O4S. The monoisotopic (exact) mass is 348 g/mol. The average Bonchev–Trinajstić information content (AvgIpc) is 2.85. The molecule has 0 amide bonds. The van der Waals surface area contributed by atoms with Crippen molar-refractivity contribution in [1.29, 1.82) is 0 Å². The van der Waals surface area contributed by atoms with Crippen molar-refractivity contribution in [3.63, 3.8) is 0 Å². The molecule has 0 aromatic rings. The lowest BCUT2D eigenvalue weighted by Crippen LogP contribution is -2.52. The minimum Gasteiger partial charge on any atom is -0.396 e. The van der Waals surface area contributed by atoms with Gasteiger partial charge in [-0.2, -0.15) is 17.0 Å². The van der Waals surface area contributed by atoms with Gasteiger partial charge in [0.15, 0.2) is 0 Å². The maximum Gasteiger partial charge on any atom is 0.281 e. The second-order valence-corrected chi connectivity index (χ2v) is 8.94. The van der Waals surface area contributed by atoms with Crippen molar-refractivity contribution < 1.29 is 18.3 Å². The second-order valence-electron chi connectivity index (χ2n) is 7.01. The van der Waals surface area contributed by atoms with Crippen LogP contribution < -0.4 is 0 Å². The fraction of sp³-hybridized carbons (Fsp3) is 1.00. The molecule has 1 atom stereocenters. The first-order chi connectivity index (χ1) is 11.0. The fourth-order valence-electron chi connectivity index (χ4n) is 3.80. The van der Waals surface area contributed by atoms with Crippen LogP contribution in [0.25, 0.3) is 0 Å². The molecule has 0 aromatic heterocycles. The van der Waals surface area contributed by atoms with Gasteiger partial charge >= 0.3 is 0 Å². The summed E-state index contributed by atoms with van der Waals surface area (Å²) < 4.78 is 34.3. The number of nitrogens with zero attached hydrogens (tertiary/aromatic N) is 2. The van der Waals surface area contributed by atoms with Gasteiger partial charge in [0, 0.05) is 51.9 Å². The van der Waals surface area contributed by atoms with Gasteiger partial charge in [-0.1, -0.05) is 12.8 Å². The molecule has 2 heterocycles. The zero-order chi connectivity index (χ0) is 16.8.